The van der Waals surface area contributed by atoms with Gasteiger partial charge in [-0.15, -0.1) is 0 Å². The molecule has 0 unspecified atom stereocenters. The van der Waals surface area contributed by atoms with Crippen LogP contribution in [-0.2, 0) is 11.4 Å². The topological polar surface area (TPSA) is 51.1 Å². The Morgan fingerprint density at radius 1 is 0.889 bits per heavy atom. The van der Waals surface area contributed by atoms with Gasteiger partial charge in [-0.25, -0.2) is 0 Å². The van der Waals surface area contributed by atoms with Gasteiger partial charge in [-0.2, -0.15) is 10.1 Å². The standard InChI is InChI=1S/C30H23ClN2O3/c1-35-27-19-22(18-26(31)29(27)36-20-21-11-5-2-6-12-21)17-25-28(23-13-7-3-8-14-23)32-33(30(25)34)24-15-9-4-10-16-24/h2-19H,20H2,1H3/b25-17-. The van der Waals surface area contributed by atoms with E-state index in [1.165, 1.54) is 5.01 Å². The van der Waals surface area contributed by atoms with E-state index in [1.807, 2.05) is 91.0 Å². The predicted octanol–water partition coefficient (Wildman–Crippen LogP) is 6.76. The Morgan fingerprint density at radius 3 is 2.19 bits per heavy atom. The van der Waals surface area contributed by atoms with Gasteiger partial charge in [-0.1, -0.05) is 90.5 Å². The number of halogens is 1. The van der Waals surface area contributed by atoms with Gasteiger partial charge in [-0.05, 0) is 41.5 Å². The van der Waals surface area contributed by atoms with Crippen LogP contribution in [0.3, 0.4) is 0 Å². The van der Waals surface area contributed by atoms with Gasteiger partial charge < -0.3 is 9.47 Å². The number of hydrogen-bond acceptors (Lipinski definition) is 4. The van der Waals surface area contributed by atoms with Crippen LogP contribution < -0.4 is 14.5 Å². The molecule has 0 N–H and O–H groups in total. The fourth-order valence-corrected chi connectivity index (χ4v) is 4.23. The minimum absolute atomic E-state index is 0.223. The fourth-order valence-electron chi connectivity index (χ4n) is 3.96. The van der Waals surface area contributed by atoms with Crippen LogP contribution in [0.15, 0.2) is 114 Å². The molecule has 36 heavy (non-hydrogen) atoms. The second-order valence-electron chi connectivity index (χ2n) is 8.13. The maximum Gasteiger partial charge on any atom is 0.281 e. The molecular formula is C30H23ClN2O3. The molecule has 1 amide bonds. The molecule has 0 saturated heterocycles. The van der Waals surface area contributed by atoms with Gasteiger partial charge in [0.25, 0.3) is 5.91 Å². The third kappa shape index (κ3) is 4.88. The fraction of sp³-hybridized carbons (Fsp3) is 0.0667. The second-order valence-corrected chi connectivity index (χ2v) is 8.54. The summed E-state index contributed by atoms with van der Waals surface area (Å²) in [6.07, 6.45) is 1.78. The molecule has 0 fully saturated rings. The number of hydrogen-bond donors (Lipinski definition) is 0. The van der Waals surface area contributed by atoms with Crippen LogP contribution >= 0.6 is 11.6 Å². The van der Waals surface area contributed by atoms with Crippen LogP contribution in [0.1, 0.15) is 16.7 Å². The molecule has 0 radical (unpaired) electrons. The molecule has 4 aromatic carbocycles. The van der Waals surface area contributed by atoms with Gasteiger partial charge in [0.15, 0.2) is 11.5 Å². The van der Waals surface area contributed by atoms with Crippen LogP contribution in [-0.4, -0.2) is 18.7 Å². The van der Waals surface area contributed by atoms with E-state index in [-0.39, 0.29) is 5.91 Å². The van der Waals surface area contributed by atoms with Crippen LogP contribution in [0.2, 0.25) is 5.02 Å². The van der Waals surface area contributed by atoms with E-state index in [9.17, 15) is 4.79 Å². The molecule has 0 saturated carbocycles. The molecule has 6 heteroatoms. The van der Waals surface area contributed by atoms with Crippen LogP contribution in [0.5, 0.6) is 11.5 Å². The van der Waals surface area contributed by atoms with Gasteiger partial charge in [0, 0.05) is 5.56 Å². The molecule has 5 nitrogen and oxygen atoms in total. The number of methoxy groups -OCH3 is 1. The lowest BCUT2D eigenvalue weighted by molar-refractivity contribution is -0.114. The Bertz CT molecular complexity index is 1440. The lowest BCUT2D eigenvalue weighted by atomic mass is 10.00. The van der Waals surface area contributed by atoms with Crippen LogP contribution in [0.4, 0.5) is 5.69 Å². The maximum absolute atomic E-state index is 13.5. The van der Waals surface area contributed by atoms with Gasteiger partial charge in [0.1, 0.15) is 12.3 Å². The summed E-state index contributed by atoms with van der Waals surface area (Å²) < 4.78 is 11.6. The molecule has 0 bridgehead atoms. The number of ether oxygens (including phenoxy) is 2. The van der Waals surface area contributed by atoms with Crippen LogP contribution in [0.25, 0.3) is 6.08 Å². The molecule has 4 aromatic rings. The lowest BCUT2D eigenvalue weighted by Crippen LogP contribution is -2.21. The summed E-state index contributed by atoms with van der Waals surface area (Å²) in [6.45, 7) is 0.354. The minimum Gasteiger partial charge on any atom is -0.493 e. The average Bonchev–Trinajstić information content (AvgIpc) is 3.25. The summed E-state index contributed by atoms with van der Waals surface area (Å²) in [6, 6.07) is 32.4. The first-order chi connectivity index (χ1) is 17.6. The SMILES string of the molecule is COc1cc(/C=C2\C(=O)N(c3ccccc3)N=C2c2ccccc2)cc(Cl)c1OCc1ccccc1. The first kappa shape index (κ1) is 23.4. The monoisotopic (exact) mass is 494 g/mol. The number of amides is 1. The Hall–Kier alpha value is -4.35. The number of hydrazone groups is 1. The van der Waals surface area contributed by atoms with Crippen molar-refractivity contribution >= 4 is 35.0 Å². The molecular weight excluding hydrogens is 472 g/mol. The number of nitrogens with zero attached hydrogens (tertiary/aromatic N) is 2. The highest BCUT2D eigenvalue weighted by Gasteiger charge is 2.32. The molecule has 0 atom stereocenters. The highest BCUT2D eigenvalue weighted by atomic mass is 35.5. The van der Waals surface area contributed by atoms with Crippen molar-refractivity contribution in [2.24, 2.45) is 5.10 Å². The summed E-state index contributed by atoms with van der Waals surface area (Å²) in [4.78, 5) is 13.5. The number of benzene rings is 4. The van der Waals surface area contributed by atoms with Crippen molar-refractivity contribution < 1.29 is 14.3 Å². The third-order valence-electron chi connectivity index (χ3n) is 5.71. The Balaban J connectivity index is 1.51. The zero-order valence-corrected chi connectivity index (χ0v) is 20.4. The van der Waals surface area contributed by atoms with E-state index < -0.39 is 0 Å². The molecule has 5 rings (SSSR count). The zero-order valence-electron chi connectivity index (χ0n) is 19.6. The number of rotatable bonds is 7. The molecule has 0 aliphatic carbocycles. The van der Waals surface area contributed by atoms with E-state index in [2.05, 4.69) is 5.10 Å². The predicted molar refractivity (Wildman–Crippen MR) is 144 cm³/mol. The number of carbonyl (C=O) groups is 1. The van der Waals surface area contributed by atoms with Crippen molar-refractivity contribution in [2.75, 3.05) is 12.1 Å². The molecule has 1 heterocycles. The van der Waals surface area contributed by atoms with Crippen molar-refractivity contribution in [3.63, 3.8) is 0 Å². The smallest absolute Gasteiger partial charge is 0.281 e. The Kier molecular flexibility index (Phi) is 6.83. The normalized spacial score (nSPS) is 14.2. The highest BCUT2D eigenvalue weighted by Crippen LogP contribution is 2.38. The Morgan fingerprint density at radius 2 is 1.53 bits per heavy atom. The van der Waals surface area contributed by atoms with E-state index >= 15 is 0 Å². The van der Waals surface area contributed by atoms with E-state index in [4.69, 9.17) is 21.1 Å². The van der Waals surface area contributed by atoms with E-state index in [0.29, 0.717) is 45.7 Å². The third-order valence-corrected chi connectivity index (χ3v) is 6.00. The Labute approximate surface area is 214 Å². The molecule has 1 aliphatic heterocycles. The molecule has 0 aromatic heterocycles. The number of carbonyl (C=O) groups excluding carboxylic acids is 1. The largest absolute Gasteiger partial charge is 0.493 e. The number of para-hydroxylation sites is 1. The lowest BCUT2D eigenvalue weighted by Gasteiger charge is -2.14. The summed E-state index contributed by atoms with van der Waals surface area (Å²) in [7, 11) is 1.56. The van der Waals surface area contributed by atoms with Crippen molar-refractivity contribution in [2.45, 2.75) is 6.61 Å². The van der Waals surface area contributed by atoms with Crippen molar-refractivity contribution in [1.29, 1.82) is 0 Å². The summed E-state index contributed by atoms with van der Waals surface area (Å²) in [5, 5.41) is 6.49. The van der Waals surface area contributed by atoms with Gasteiger partial charge in [0.05, 0.1) is 23.4 Å². The molecule has 178 valence electrons. The van der Waals surface area contributed by atoms with Crippen molar-refractivity contribution in [3.05, 3.63) is 130 Å². The second kappa shape index (κ2) is 10.5. The van der Waals surface area contributed by atoms with Crippen molar-refractivity contribution in [3.8, 4) is 11.5 Å². The highest BCUT2D eigenvalue weighted by molar-refractivity contribution is 6.37. The van der Waals surface area contributed by atoms with Gasteiger partial charge >= 0.3 is 0 Å². The van der Waals surface area contributed by atoms with Crippen LogP contribution in [0, 0.1) is 0 Å². The van der Waals surface area contributed by atoms with E-state index in [1.54, 1.807) is 25.3 Å². The quantitative estimate of drug-likeness (QED) is 0.267. The van der Waals surface area contributed by atoms with Gasteiger partial charge in [-0.3, -0.25) is 4.79 Å². The summed E-state index contributed by atoms with van der Waals surface area (Å²) in [5.74, 6) is 0.708. The first-order valence-corrected chi connectivity index (χ1v) is 11.8. The molecule has 0 spiro atoms. The molecule has 1 aliphatic rings. The number of anilines is 1. The summed E-state index contributed by atoms with van der Waals surface area (Å²) in [5.41, 5.74) is 4.30. The summed E-state index contributed by atoms with van der Waals surface area (Å²) >= 11 is 6.62. The first-order valence-electron chi connectivity index (χ1n) is 11.4. The maximum atomic E-state index is 13.5. The zero-order chi connectivity index (χ0) is 24.9. The van der Waals surface area contributed by atoms with E-state index in [0.717, 1.165) is 11.1 Å². The van der Waals surface area contributed by atoms with Crippen molar-refractivity contribution in [1.82, 2.24) is 0 Å². The minimum atomic E-state index is -0.223. The average molecular weight is 495 g/mol. The van der Waals surface area contributed by atoms with Gasteiger partial charge in [0.2, 0.25) is 0 Å².